The van der Waals surface area contributed by atoms with Gasteiger partial charge in [0, 0.05) is 6.04 Å². The SMILES string of the molecule is CCSCCCOc1c(C)cccc1CC(C)N. The van der Waals surface area contributed by atoms with Crippen LogP contribution in [-0.2, 0) is 6.42 Å². The highest BCUT2D eigenvalue weighted by Gasteiger charge is 2.08. The van der Waals surface area contributed by atoms with Crippen LogP contribution in [-0.4, -0.2) is 24.2 Å². The van der Waals surface area contributed by atoms with E-state index < -0.39 is 0 Å². The lowest BCUT2D eigenvalue weighted by molar-refractivity contribution is 0.312. The largest absolute Gasteiger partial charge is 0.493 e. The van der Waals surface area contributed by atoms with Gasteiger partial charge in [0.05, 0.1) is 6.61 Å². The number of aryl methyl sites for hydroxylation is 1. The van der Waals surface area contributed by atoms with Gasteiger partial charge < -0.3 is 10.5 Å². The maximum absolute atomic E-state index is 5.95. The van der Waals surface area contributed by atoms with Gasteiger partial charge >= 0.3 is 0 Å². The molecule has 0 spiro atoms. The van der Waals surface area contributed by atoms with Gasteiger partial charge in [0.1, 0.15) is 5.75 Å². The number of para-hydroxylation sites is 1. The monoisotopic (exact) mass is 267 g/mol. The third kappa shape index (κ3) is 5.32. The van der Waals surface area contributed by atoms with Crippen molar-refractivity contribution < 1.29 is 4.74 Å². The Balaban J connectivity index is 2.56. The van der Waals surface area contributed by atoms with Gasteiger partial charge in [0.15, 0.2) is 0 Å². The van der Waals surface area contributed by atoms with Crippen LogP contribution in [0.2, 0.25) is 0 Å². The first-order valence-electron chi connectivity index (χ1n) is 6.69. The van der Waals surface area contributed by atoms with E-state index in [4.69, 9.17) is 10.5 Å². The Bertz CT molecular complexity index is 352. The third-order valence-corrected chi connectivity index (χ3v) is 3.70. The number of nitrogens with two attached hydrogens (primary N) is 1. The van der Waals surface area contributed by atoms with E-state index in [0.717, 1.165) is 25.2 Å². The molecule has 0 bridgehead atoms. The van der Waals surface area contributed by atoms with E-state index >= 15 is 0 Å². The van der Waals surface area contributed by atoms with Crippen molar-refractivity contribution in [1.82, 2.24) is 0 Å². The van der Waals surface area contributed by atoms with Crippen LogP contribution in [0.25, 0.3) is 0 Å². The molecule has 0 saturated heterocycles. The number of hydrogen-bond donors (Lipinski definition) is 1. The minimum absolute atomic E-state index is 0.171. The predicted octanol–water partition coefficient (Wildman–Crippen LogP) is 3.41. The molecule has 1 aromatic rings. The highest BCUT2D eigenvalue weighted by atomic mass is 32.2. The molecule has 1 unspecified atom stereocenters. The van der Waals surface area contributed by atoms with E-state index in [2.05, 4.69) is 32.0 Å². The van der Waals surface area contributed by atoms with Crippen molar-refractivity contribution in [3.63, 3.8) is 0 Å². The van der Waals surface area contributed by atoms with Gasteiger partial charge in [0.2, 0.25) is 0 Å². The molecule has 0 aliphatic heterocycles. The maximum atomic E-state index is 5.95. The summed E-state index contributed by atoms with van der Waals surface area (Å²) in [4.78, 5) is 0. The smallest absolute Gasteiger partial charge is 0.125 e. The fraction of sp³-hybridized carbons (Fsp3) is 0.600. The summed E-state index contributed by atoms with van der Waals surface area (Å²) in [6, 6.07) is 6.46. The predicted molar refractivity (Wildman–Crippen MR) is 81.6 cm³/mol. The normalized spacial score (nSPS) is 12.4. The molecule has 0 aromatic heterocycles. The molecule has 0 aliphatic rings. The standard InChI is InChI=1S/C15H25NOS/c1-4-18-10-6-9-17-15-12(2)7-5-8-14(15)11-13(3)16/h5,7-8,13H,4,6,9-11,16H2,1-3H3. The summed E-state index contributed by atoms with van der Waals surface area (Å²) >= 11 is 1.96. The molecule has 0 amide bonds. The zero-order valence-electron chi connectivity index (χ0n) is 11.7. The third-order valence-electron chi connectivity index (χ3n) is 2.72. The molecule has 0 aliphatic carbocycles. The van der Waals surface area contributed by atoms with Crippen molar-refractivity contribution in [2.45, 2.75) is 39.7 Å². The topological polar surface area (TPSA) is 35.2 Å². The summed E-state index contributed by atoms with van der Waals surface area (Å²) < 4.78 is 5.95. The molecule has 18 heavy (non-hydrogen) atoms. The van der Waals surface area contributed by atoms with Gasteiger partial charge in [-0.2, -0.15) is 11.8 Å². The highest BCUT2D eigenvalue weighted by Crippen LogP contribution is 2.24. The van der Waals surface area contributed by atoms with Crippen LogP contribution in [0, 0.1) is 6.92 Å². The summed E-state index contributed by atoms with van der Waals surface area (Å²) in [5, 5.41) is 0. The number of benzene rings is 1. The van der Waals surface area contributed by atoms with Gasteiger partial charge in [-0.15, -0.1) is 0 Å². The fourth-order valence-electron chi connectivity index (χ4n) is 1.91. The summed E-state index contributed by atoms with van der Waals surface area (Å²) in [5.74, 6) is 3.39. The first-order valence-corrected chi connectivity index (χ1v) is 7.85. The van der Waals surface area contributed by atoms with Gasteiger partial charge in [0.25, 0.3) is 0 Å². The van der Waals surface area contributed by atoms with Crippen molar-refractivity contribution in [3.8, 4) is 5.75 Å². The molecule has 2 nitrogen and oxygen atoms in total. The summed E-state index contributed by atoms with van der Waals surface area (Å²) in [6.07, 6.45) is 1.98. The molecule has 3 heteroatoms. The average Bonchev–Trinajstić information content (AvgIpc) is 2.31. The lowest BCUT2D eigenvalue weighted by atomic mass is 10.0. The van der Waals surface area contributed by atoms with Crippen molar-refractivity contribution in [2.24, 2.45) is 5.73 Å². The van der Waals surface area contributed by atoms with Gasteiger partial charge in [-0.05, 0) is 49.3 Å². The summed E-state index contributed by atoms with van der Waals surface area (Å²) in [6.45, 7) is 7.11. The summed E-state index contributed by atoms with van der Waals surface area (Å²) in [7, 11) is 0. The minimum Gasteiger partial charge on any atom is -0.493 e. The Morgan fingerprint density at radius 2 is 2.17 bits per heavy atom. The first-order chi connectivity index (χ1) is 8.65. The van der Waals surface area contributed by atoms with Gasteiger partial charge in [-0.25, -0.2) is 0 Å². The average molecular weight is 267 g/mol. The number of ether oxygens (including phenoxy) is 1. The van der Waals surface area contributed by atoms with Crippen molar-refractivity contribution >= 4 is 11.8 Å². The first kappa shape index (κ1) is 15.4. The molecule has 1 rings (SSSR count). The second-order valence-electron chi connectivity index (χ2n) is 4.64. The van der Waals surface area contributed by atoms with Crippen LogP contribution in [0.1, 0.15) is 31.4 Å². The van der Waals surface area contributed by atoms with Crippen LogP contribution in [0.4, 0.5) is 0 Å². The van der Waals surface area contributed by atoms with E-state index in [1.807, 2.05) is 18.7 Å². The number of hydrogen-bond acceptors (Lipinski definition) is 3. The van der Waals surface area contributed by atoms with Crippen LogP contribution < -0.4 is 10.5 Å². The lowest BCUT2D eigenvalue weighted by Crippen LogP contribution is -2.18. The molecule has 102 valence electrons. The Morgan fingerprint density at radius 3 is 2.83 bits per heavy atom. The molecule has 2 N–H and O–H groups in total. The Hall–Kier alpha value is -0.670. The van der Waals surface area contributed by atoms with E-state index in [-0.39, 0.29) is 6.04 Å². The minimum atomic E-state index is 0.171. The Morgan fingerprint density at radius 1 is 1.39 bits per heavy atom. The van der Waals surface area contributed by atoms with E-state index in [1.165, 1.54) is 22.6 Å². The quantitative estimate of drug-likeness (QED) is 0.733. The summed E-state index contributed by atoms with van der Waals surface area (Å²) in [5.41, 5.74) is 8.31. The Kier molecular flexibility index (Phi) is 7.21. The van der Waals surface area contributed by atoms with Crippen molar-refractivity contribution in [2.75, 3.05) is 18.1 Å². The second kappa shape index (κ2) is 8.44. The number of rotatable bonds is 8. The number of thioether (sulfide) groups is 1. The van der Waals surface area contributed by atoms with Crippen LogP contribution in [0.5, 0.6) is 5.75 Å². The molecule has 0 saturated carbocycles. The molecule has 0 fully saturated rings. The lowest BCUT2D eigenvalue weighted by Gasteiger charge is -2.15. The molecule has 0 heterocycles. The highest BCUT2D eigenvalue weighted by molar-refractivity contribution is 7.99. The molecule has 1 atom stereocenters. The molecule has 0 radical (unpaired) electrons. The fourth-order valence-corrected chi connectivity index (χ4v) is 2.52. The zero-order valence-corrected chi connectivity index (χ0v) is 12.6. The second-order valence-corrected chi connectivity index (χ2v) is 6.04. The zero-order chi connectivity index (χ0) is 13.4. The Labute approximate surface area is 115 Å². The molecular weight excluding hydrogens is 242 g/mol. The van der Waals surface area contributed by atoms with E-state index in [9.17, 15) is 0 Å². The van der Waals surface area contributed by atoms with Gasteiger partial charge in [-0.1, -0.05) is 25.1 Å². The van der Waals surface area contributed by atoms with Gasteiger partial charge in [-0.3, -0.25) is 0 Å². The maximum Gasteiger partial charge on any atom is 0.125 e. The van der Waals surface area contributed by atoms with Crippen LogP contribution in [0.3, 0.4) is 0 Å². The van der Waals surface area contributed by atoms with Crippen LogP contribution >= 0.6 is 11.8 Å². The molecule has 1 aromatic carbocycles. The van der Waals surface area contributed by atoms with E-state index in [0.29, 0.717) is 0 Å². The van der Waals surface area contributed by atoms with E-state index in [1.54, 1.807) is 0 Å². The van der Waals surface area contributed by atoms with Crippen molar-refractivity contribution in [3.05, 3.63) is 29.3 Å². The molecular formula is C15H25NOS. The van der Waals surface area contributed by atoms with Crippen LogP contribution in [0.15, 0.2) is 18.2 Å². The van der Waals surface area contributed by atoms with Crippen molar-refractivity contribution in [1.29, 1.82) is 0 Å².